The number of ether oxygens (including phenoxy) is 1. The Balaban J connectivity index is 2.12. The summed E-state index contributed by atoms with van der Waals surface area (Å²) >= 11 is 0. The lowest BCUT2D eigenvalue weighted by atomic mass is 10.1. The van der Waals surface area contributed by atoms with E-state index in [9.17, 15) is 9.18 Å². The Labute approximate surface area is 98.6 Å². The van der Waals surface area contributed by atoms with Gasteiger partial charge in [0.15, 0.2) is 6.17 Å². The number of nitrogens with zero attached hydrogens (tertiary/aromatic N) is 1. The number of halogens is 1. The number of piperidine rings is 1. The molecule has 0 aromatic heterocycles. The monoisotopic (exact) mass is 239 g/mol. The van der Waals surface area contributed by atoms with Gasteiger partial charge in [0.2, 0.25) is 6.23 Å². The molecule has 92 valence electrons. The number of hydrogen-bond acceptors (Lipinski definition) is 2. The number of amides is 1. The number of para-hydroxylation sites is 1. The Bertz CT molecular complexity index is 385. The van der Waals surface area contributed by atoms with E-state index in [1.807, 2.05) is 6.07 Å². The minimum atomic E-state index is -1.28. The van der Waals surface area contributed by atoms with Crippen LogP contribution in [-0.4, -0.2) is 35.0 Å². The van der Waals surface area contributed by atoms with Crippen molar-refractivity contribution in [2.24, 2.45) is 0 Å². The van der Waals surface area contributed by atoms with Gasteiger partial charge >= 0.3 is 6.09 Å². The summed E-state index contributed by atoms with van der Waals surface area (Å²) in [5, 5.41) is 8.98. The molecule has 1 aromatic carbocycles. The zero-order valence-corrected chi connectivity index (χ0v) is 9.25. The molecule has 17 heavy (non-hydrogen) atoms. The van der Waals surface area contributed by atoms with Gasteiger partial charge in [0.1, 0.15) is 5.75 Å². The summed E-state index contributed by atoms with van der Waals surface area (Å²) in [5.74, 6) is 0.480. The van der Waals surface area contributed by atoms with E-state index in [0.29, 0.717) is 25.1 Å². The molecule has 4 nitrogen and oxygen atoms in total. The molecule has 0 bridgehead atoms. The summed E-state index contributed by atoms with van der Waals surface area (Å²) in [6.07, 6.45) is -2.60. The van der Waals surface area contributed by atoms with Crippen molar-refractivity contribution in [1.82, 2.24) is 4.90 Å². The van der Waals surface area contributed by atoms with Crippen molar-refractivity contribution in [1.29, 1.82) is 0 Å². The van der Waals surface area contributed by atoms with Crippen molar-refractivity contribution in [2.45, 2.75) is 25.2 Å². The van der Waals surface area contributed by atoms with Crippen molar-refractivity contribution in [3.63, 3.8) is 0 Å². The zero-order chi connectivity index (χ0) is 12.3. The number of likely N-dealkylation sites (tertiary alicyclic amines) is 1. The van der Waals surface area contributed by atoms with Crippen molar-refractivity contribution < 1.29 is 19.0 Å². The highest BCUT2D eigenvalue weighted by Gasteiger charge is 2.36. The maximum atomic E-state index is 13.7. The number of benzene rings is 1. The Morgan fingerprint density at radius 3 is 2.76 bits per heavy atom. The van der Waals surface area contributed by atoms with E-state index >= 15 is 0 Å². The summed E-state index contributed by atoms with van der Waals surface area (Å²) in [6, 6.07) is 8.70. The predicted molar refractivity (Wildman–Crippen MR) is 59.7 cm³/mol. The quantitative estimate of drug-likeness (QED) is 0.862. The molecule has 2 unspecified atom stereocenters. The Morgan fingerprint density at radius 1 is 1.41 bits per heavy atom. The molecule has 0 radical (unpaired) electrons. The molecule has 0 spiro atoms. The highest BCUT2D eigenvalue weighted by molar-refractivity contribution is 5.65. The fraction of sp³-hybridized carbons (Fsp3) is 0.417. The fourth-order valence-electron chi connectivity index (χ4n) is 1.90. The summed E-state index contributed by atoms with van der Waals surface area (Å²) in [6.45, 7) is 0.313. The highest BCUT2D eigenvalue weighted by atomic mass is 19.1. The third kappa shape index (κ3) is 2.67. The molecule has 1 heterocycles. The summed E-state index contributed by atoms with van der Waals surface area (Å²) in [5.41, 5.74) is 0. The van der Waals surface area contributed by atoms with Crippen LogP contribution in [0.1, 0.15) is 12.8 Å². The van der Waals surface area contributed by atoms with Crippen LogP contribution in [0.25, 0.3) is 0 Å². The van der Waals surface area contributed by atoms with Gasteiger partial charge < -0.3 is 9.84 Å². The first-order chi connectivity index (χ1) is 8.18. The Morgan fingerprint density at radius 2 is 2.12 bits per heavy atom. The van der Waals surface area contributed by atoms with Crippen LogP contribution >= 0.6 is 0 Å². The van der Waals surface area contributed by atoms with Crippen molar-refractivity contribution in [3.05, 3.63) is 30.3 Å². The first kappa shape index (κ1) is 11.7. The number of carboxylic acid groups (broad SMARTS) is 1. The van der Waals surface area contributed by atoms with Gasteiger partial charge in [0.25, 0.3) is 0 Å². The average Bonchev–Trinajstić information content (AvgIpc) is 2.33. The standard InChI is InChI=1S/C12H14FNO3/c13-10-7-4-8-14(12(15)16)11(10)17-9-5-2-1-3-6-9/h1-3,5-6,10-11H,4,7-8H2,(H,15,16). The van der Waals surface area contributed by atoms with Crippen LogP contribution < -0.4 is 4.74 Å². The van der Waals surface area contributed by atoms with Gasteiger partial charge in [-0.2, -0.15) is 0 Å². The molecular formula is C12H14FNO3. The summed E-state index contributed by atoms with van der Waals surface area (Å²) < 4.78 is 19.1. The van der Waals surface area contributed by atoms with Crippen molar-refractivity contribution in [3.8, 4) is 5.75 Å². The van der Waals surface area contributed by atoms with Crippen LogP contribution in [0.15, 0.2) is 30.3 Å². The van der Waals surface area contributed by atoms with Gasteiger partial charge in [-0.15, -0.1) is 0 Å². The van der Waals surface area contributed by atoms with Crippen LogP contribution in [0, 0.1) is 0 Å². The number of alkyl halides is 1. The zero-order valence-electron chi connectivity index (χ0n) is 9.25. The second-order valence-corrected chi connectivity index (χ2v) is 3.96. The van der Waals surface area contributed by atoms with E-state index in [1.165, 1.54) is 0 Å². The van der Waals surface area contributed by atoms with E-state index in [4.69, 9.17) is 9.84 Å². The topological polar surface area (TPSA) is 49.8 Å². The van der Waals surface area contributed by atoms with Gasteiger partial charge in [-0.05, 0) is 25.0 Å². The highest BCUT2D eigenvalue weighted by Crippen LogP contribution is 2.24. The summed E-state index contributed by atoms with van der Waals surface area (Å²) in [4.78, 5) is 12.0. The second kappa shape index (κ2) is 5.03. The molecule has 2 rings (SSSR count). The van der Waals surface area contributed by atoms with Crippen LogP contribution in [0.3, 0.4) is 0 Å². The van der Waals surface area contributed by atoms with E-state index in [1.54, 1.807) is 24.3 Å². The molecule has 1 saturated heterocycles. The molecule has 2 atom stereocenters. The molecule has 1 aliphatic heterocycles. The lowest BCUT2D eigenvalue weighted by Crippen LogP contribution is -2.52. The number of hydrogen-bond donors (Lipinski definition) is 1. The SMILES string of the molecule is O=C(O)N1CCCC(F)C1Oc1ccccc1. The van der Waals surface area contributed by atoms with Gasteiger partial charge in [0, 0.05) is 6.54 Å². The molecule has 0 aliphatic carbocycles. The molecule has 1 aromatic rings. The predicted octanol–water partition coefficient (Wildman–Crippen LogP) is 2.50. The lowest BCUT2D eigenvalue weighted by molar-refractivity contribution is -0.0456. The fourth-order valence-corrected chi connectivity index (χ4v) is 1.90. The van der Waals surface area contributed by atoms with Crippen LogP contribution in [0.5, 0.6) is 5.75 Å². The molecular weight excluding hydrogens is 225 g/mol. The molecule has 1 N–H and O–H groups in total. The molecule has 5 heteroatoms. The van der Waals surface area contributed by atoms with Gasteiger partial charge in [-0.3, -0.25) is 4.90 Å². The third-order valence-corrected chi connectivity index (χ3v) is 2.74. The van der Waals surface area contributed by atoms with Gasteiger partial charge in [-0.1, -0.05) is 18.2 Å². The third-order valence-electron chi connectivity index (χ3n) is 2.74. The molecule has 1 fully saturated rings. The maximum absolute atomic E-state index is 13.7. The van der Waals surface area contributed by atoms with E-state index in [-0.39, 0.29) is 0 Å². The van der Waals surface area contributed by atoms with Crippen molar-refractivity contribution in [2.75, 3.05) is 6.54 Å². The van der Waals surface area contributed by atoms with E-state index in [0.717, 1.165) is 4.90 Å². The van der Waals surface area contributed by atoms with E-state index < -0.39 is 18.5 Å². The first-order valence-electron chi connectivity index (χ1n) is 5.54. The average molecular weight is 239 g/mol. The summed E-state index contributed by atoms with van der Waals surface area (Å²) in [7, 11) is 0. The lowest BCUT2D eigenvalue weighted by Gasteiger charge is -2.35. The van der Waals surface area contributed by atoms with Gasteiger partial charge in [-0.25, -0.2) is 9.18 Å². The Kier molecular flexibility index (Phi) is 3.46. The Hall–Kier alpha value is -1.78. The van der Waals surface area contributed by atoms with Crippen LogP contribution in [0.2, 0.25) is 0 Å². The molecule has 0 saturated carbocycles. The van der Waals surface area contributed by atoms with E-state index in [2.05, 4.69) is 0 Å². The van der Waals surface area contributed by atoms with Crippen LogP contribution in [0.4, 0.5) is 9.18 Å². The number of carbonyl (C=O) groups is 1. The molecule has 1 amide bonds. The minimum Gasteiger partial charge on any atom is -0.467 e. The first-order valence-corrected chi connectivity index (χ1v) is 5.54. The largest absolute Gasteiger partial charge is 0.467 e. The van der Waals surface area contributed by atoms with Gasteiger partial charge in [0.05, 0.1) is 0 Å². The van der Waals surface area contributed by atoms with Crippen molar-refractivity contribution >= 4 is 6.09 Å². The number of rotatable bonds is 2. The molecule has 1 aliphatic rings. The second-order valence-electron chi connectivity index (χ2n) is 3.96. The van der Waals surface area contributed by atoms with Crippen LogP contribution in [-0.2, 0) is 0 Å². The smallest absolute Gasteiger partial charge is 0.410 e. The normalized spacial score (nSPS) is 24.4. The minimum absolute atomic E-state index is 0.313. The maximum Gasteiger partial charge on any atom is 0.410 e.